The van der Waals surface area contributed by atoms with Crippen LogP contribution in [0.25, 0.3) is 0 Å². The number of hydrogen-bond donors (Lipinski definition) is 3. The Morgan fingerprint density at radius 3 is 0.328 bits per heavy atom. The van der Waals surface area contributed by atoms with Gasteiger partial charge in [0, 0.05) is 32.7 Å². The quantitative estimate of drug-likeness (QED) is 0.142. The molecule has 0 fully saturated rings. The third kappa shape index (κ3) is 10.4. The maximum absolute atomic E-state index is 11.6. The molecular weight excluding hydrogens is 870 g/mol. The summed E-state index contributed by atoms with van der Waals surface area (Å²) in [5.41, 5.74) is 0. The summed E-state index contributed by atoms with van der Waals surface area (Å²) in [6.45, 7) is 0. The van der Waals surface area contributed by atoms with E-state index in [1.165, 1.54) is 0 Å². The first-order valence-electron chi connectivity index (χ1n) is 20.1. The van der Waals surface area contributed by atoms with Gasteiger partial charge in [0.05, 0.1) is 0 Å². The molecule has 1 radical (unpaired) electrons. The van der Waals surface area contributed by atoms with Gasteiger partial charge in [-0.05, 0) is 46.7 Å². The fraction of sp³-hybridized carbons (Fsp3) is 0. The van der Waals surface area contributed by atoms with Crippen LogP contribution in [-0.2, 0) is 32.7 Å². The fourth-order valence-electron chi connectivity index (χ4n) is 7.61. The summed E-state index contributed by atoms with van der Waals surface area (Å²) >= 11 is 0. The van der Waals surface area contributed by atoms with Crippen LogP contribution >= 0.6 is 0 Å². The van der Waals surface area contributed by atoms with E-state index in [2.05, 4.69) is 0 Å². The molecule has 297 valence electrons. The van der Waals surface area contributed by atoms with Crippen LogP contribution in [0, 0.1) is 0 Å². The Labute approximate surface area is 388 Å². The normalized spacial score (nSPS) is 11.1. The predicted molar refractivity (Wildman–Crippen MR) is 259 cm³/mol. The van der Waals surface area contributed by atoms with Gasteiger partial charge in [-0.3, -0.25) is 0 Å². The molecule has 0 atom stereocenters. The van der Waals surface area contributed by atoms with Crippen LogP contribution in [-0.4, -0.2) is 39.3 Å². The maximum atomic E-state index is 11.6. The van der Waals surface area contributed by atoms with Crippen molar-refractivity contribution in [2.75, 3.05) is 0 Å². The van der Waals surface area contributed by atoms with Crippen molar-refractivity contribution in [3.63, 3.8) is 0 Å². The van der Waals surface area contributed by atoms with Gasteiger partial charge in [0.15, 0.2) is 0 Å². The van der Waals surface area contributed by atoms with Crippen molar-refractivity contribution in [1.82, 2.24) is 0 Å². The van der Waals surface area contributed by atoms with Crippen LogP contribution in [0.3, 0.4) is 0 Å². The molecule has 0 spiro atoms. The van der Waals surface area contributed by atoms with Gasteiger partial charge >= 0.3 is 0 Å². The summed E-state index contributed by atoms with van der Waals surface area (Å²) in [6.07, 6.45) is 0. The van der Waals surface area contributed by atoms with Crippen molar-refractivity contribution < 1.29 is 47.1 Å². The maximum Gasteiger partial charge on any atom is 0.285 e. The summed E-state index contributed by atoms with van der Waals surface area (Å²) in [4.78, 5) is 34.7. The van der Waals surface area contributed by atoms with Crippen molar-refractivity contribution in [2.24, 2.45) is 0 Å². The van der Waals surface area contributed by atoms with Gasteiger partial charge in [0.2, 0.25) is 0 Å². The summed E-state index contributed by atoms with van der Waals surface area (Å²) < 4.78 is 0. The molecule has 0 unspecified atom stereocenters. The second kappa shape index (κ2) is 21.9. The molecule has 9 rings (SSSR count). The minimum Gasteiger partial charge on any atom is -0.421 e. The zero-order chi connectivity index (χ0) is 41.5. The minimum absolute atomic E-state index is 0. The van der Waals surface area contributed by atoms with Gasteiger partial charge in [0.25, 0.3) is 25.0 Å². The molecule has 0 aliphatic carbocycles. The minimum atomic E-state index is -2.88. The van der Waals surface area contributed by atoms with Gasteiger partial charge in [0.1, 0.15) is 0 Å². The van der Waals surface area contributed by atoms with Gasteiger partial charge in [-0.25, -0.2) is 0 Å². The Hall–Kier alpha value is -5.39. The molecule has 3 N–H and O–H groups in total. The Bertz CT molecular complexity index is 2010. The van der Waals surface area contributed by atoms with E-state index in [0.717, 1.165) is 46.7 Å². The van der Waals surface area contributed by atoms with E-state index in [1.54, 1.807) is 0 Å². The molecule has 0 bridgehead atoms. The summed E-state index contributed by atoms with van der Waals surface area (Å²) in [6, 6.07) is 89.9. The molecular formula is C54H48O3Si3Y. The van der Waals surface area contributed by atoms with Gasteiger partial charge < -0.3 is 14.4 Å². The third-order valence-corrected chi connectivity index (χ3v) is 21.2. The van der Waals surface area contributed by atoms with Crippen molar-refractivity contribution in [3.8, 4) is 0 Å². The second-order valence-corrected chi connectivity index (χ2v) is 23.9. The van der Waals surface area contributed by atoms with E-state index >= 15 is 0 Å². The molecule has 9 aromatic carbocycles. The van der Waals surface area contributed by atoms with Crippen LogP contribution in [0.1, 0.15) is 0 Å². The van der Waals surface area contributed by atoms with E-state index in [9.17, 15) is 14.4 Å². The van der Waals surface area contributed by atoms with Crippen molar-refractivity contribution in [1.29, 1.82) is 0 Å². The number of hydrogen-bond acceptors (Lipinski definition) is 3. The molecule has 0 amide bonds. The third-order valence-electron chi connectivity index (χ3n) is 10.7. The Morgan fingerprint density at radius 1 is 0.164 bits per heavy atom. The smallest absolute Gasteiger partial charge is 0.285 e. The number of benzene rings is 9. The molecule has 0 heterocycles. The first-order valence-corrected chi connectivity index (χ1v) is 26.0. The van der Waals surface area contributed by atoms with Crippen LogP contribution < -0.4 is 46.7 Å². The molecule has 61 heavy (non-hydrogen) atoms. The van der Waals surface area contributed by atoms with Gasteiger partial charge in [-0.15, -0.1) is 0 Å². The zero-order valence-corrected chi connectivity index (χ0v) is 39.7. The van der Waals surface area contributed by atoms with E-state index in [0.29, 0.717) is 0 Å². The Kier molecular flexibility index (Phi) is 16.2. The molecule has 0 aliphatic heterocycles. The average molecular weight is 918 g/mol. The predicted octanol–water partition coefficient (Wildman–Crippen LogP) is 4.93. The Balaban J connectivity index is 0.000000152. The van der Waals surface area contributed by atoms with Crippen LogP contribution in [0.5, 0.6) is 0 Å². The van der Waals surface area contributed by atoms with Crippen molar-refractivity contribution in [3.05, 3.63) is 273 Å². The SMILES string of the molecule is O[Si](c1ccccc1)(c1ccccc1)c1ccccc1.O[Si](c1ccccc1)(c1ccccc1)c1ccccc1.O[Si](c1ccccc1)(c1ccccc1)c1ccccc1.[Y]. The topological polar surface area (TPSA) is 60.7 Å². The Morgan fingerprint density at radius 2 is 0.246 bits per heavy atom. The van der Waals surface area contributed by atoms with E-state index < -0.39 is 25.0 Å². The standard InChI is InChI=1S/3C18H16OSi.Y/c3*19-20(16-10-4-1-5-11-16,17-12-6-2-7-13-17)18-14-8-3-9-15-18;/h3*1-15,19H;. The molecule has 7 heteroatoms. The van der Waals surface area contributed by atoms with Crippen molar-refractivity contribution >= 4 is 71.6 Å². The van der Waals surface area contributed by atoms with Crippen LogP contribution in [0.15, 0.2) is 273 Å². The van der Waals surface area contributed by atoms with E-state index in [-0.39, 0.29) is 32.7 Å². The summed E-state index contributed by atoms with van der Waals surface area (Å²) in [5, 5.41) is 9.10. The average Bonchev–Trinajstić information content (AvgIpc) is 3.36. The first kappa shape index (κ1) is 45.1. The first-order chi connectivity index (χ1) is 29.4. The summed E-state index contributed by atoms with van der Waals surface area (Å²) in [7, 11) is -8.63. The van der Waals surface area contributed by atoms with Crippen molar-refractivity contribution in [2.45, 2.75) is 0 Å². The van der Waals surface area contributed by atoms with Crippen LogP contribution in [0.2, 0.25) is 0 Å². The van der Waals surface area contributed by atoms with Gasteiger partial charge in [-0.2, -0.15) is 0 Å². The molecule has 9 aromatic rings. The largest absolute Gasteiger partial charge is 0.421 e. The molecule has 0 saturated carbocycles. The fourth-order valence-corrected chi connectivity index (χ4v) is 16.7. The monoisotopic (exact) mass is 917 g/mol. The zero-order valence-electron chi connectivity index (χ0n) is 33.9. The molecule has 3 nitrogen and oxygen atoms in total. The molecule has 0 saturated heterocycles. The van der Waals surface area contributed by atoms with Gasteiger partial charge in [-0.1, -0.05) is 273 Å². The number of rotatable bonds is 9. The van der Waals surface area contributed by atoms with E-state index in [1.807, 2.05) is 273 Å². The van der Waals surface area contributed by atoms with Crippen LogP contribution in [0.4, 0.5) is 0 Å². The van der Waals surface area contributed by atoms with E-state index in [4.69, 9.17) is 0 Å². The second-order valence-electron chi connectivity index (χ2n) is 14.4. The molecule has 0 aliphatic rings. The summed E-state index contributed by atoms with van der Waals surface area (Å²) in [5.74, 6) is 0. The molecule has 0 aromatic heterocycles.